The van der Waals surface area contributed by atoms with Crippen molar-refractivity contribution in [3.8, 4) is 0 Å². The fourth-order valence-corrected chi connectivity index (χ4v) is 4.60. The molecule has 150 valence electrons. The summed E-state index contributed by atoms with van der Waals surface area (Å²) in [4.78, 5) is 25.6. The first-order valence-corrected chi connectivity index (χ1v) is 10.6. The Hall–Kier alpha value is -2.86. The summed E-state index contributed by atoms with van der Waals surface area (Å²) >= 11 is 0. The molecule has 1 aliphatic heterocycles. The number of aromatic amines is 1. The van der Waals surface area contributed by atoms with Gasteiger partial charge in [0.15, 0.2) is 0 Å². The summed E-state index contributed by atoms with van der Waals surface area (Å²) in [7, 11) is 0. The van der Waals surface area contributed by atoms with Crippen LogP contribution in [0, 0.1) is 0 Å². The topological polar surface area (TPSA) is 64.3 Å². The van der Waals surface area contributed by atoms with Crippen molar-refractivity contribution in [3.05, 3.63) is 54.2 Å². The molecule has 29 heavy (non-hydrogen) atoms. The van der Waals surface area contributed by atoms with Crippen molar-refractivity contribution in [3.63, 3.8) is 0 Å². The Balaban J connectivity index is 1.28. The van der Waals surface area contributed by atoms with Gasteiger partial charge < -0.3 is 15.2 Å². The Bertz CT molecular complexity index is 985. The molecule has 1 saturated carbocycles. The maximum Gasteiger partial charge on any atom is 0.272 e. The molecule has 2 N–H and O–H groups in total. The second-order valence-electron chi connectivity index (χ2n) is 8.07. The molecule has 6 heteroatoms. The van der Waals surface area contributed by atoms with Gasteiger partial charge in [-0.05, 0) is 43.2 Å². The number of rotatable bonds is 4. The molecule has 2 aromatic heterocycles. The number of nitrogens with zero attached hydrogens (tertiary/aromatic N) is 3. The quantitative estimate of drug-likeness (QED) is 0.711. The van der Waals surface area contributed by atoms with Crippen LogP contribution < -0.4 is 10.2 Å². The van der Waals surface area contributed by atoms with E-state index in [2.05, 4.69) is 32.2 Å². The van der Waals surface area contributed by atoms with Crippen LogP contribution in [-0.4, -0.2) is 53.0 Å². The molecule has 1 saturated heterocycles. The Labute approximate surface area is 170 Å². The summed E-state index contributed by atoms with van der Waals surface area (Å²) in [5, 5.41) is 3.87. The normalized spacial score (nSPS) is 18.4. The van der Waals surface area contributed by atoms with Gasteiger partial charge in [-0.3, -0.25) is 9.69 Å². The van der Waals surface area contributed by atoms with Gasteiger partial charge in [-0.25, -0.2) is 4.98 Å². The molecule has 1 aliphatic carbocycles. The van der Waals surface area contributed by atoms with Gasteiger partial charge in [-0.2, -0.15) is 0 Å². The average molecular weight is 390 g/mol. The minimum Gasteiger partial charge on any atom is -0.354 e. The zero-order chi connectivity index (χ0) is 19.6. The molecule has 2 aliphatic rings. The van der Waals surface area contributed by atoms with Gasteiger partial charge in [0, 0.05) is 43.3 Å². The fraction of sp³-hybridized carbons (Fsp3) is 0.391. The number of H-pyrrole nitrogens is 1. The molecule has 1 aromatic carbocycles. The number of benzene rings is 1. The SMILES string of the molecule is O=C(Nc1ccccc1)c1cc2ccc(N3CCN(C4CCCC4)CC3)nc2[nH]1. The van der Waals surface area contributed by atoms with Crippen LogP contribution in [-0.2, 0) is 0 Å². The van der Waals surface area contributed by atoms with Crippen molar-refractivity contribution in [1.82, 2.24) is 14.9 Å². The van der Waals surface area contributed by atoms with Crippen molar-refractivity contribution in [2.75, 3.05) is 36.4 Å². The third kappa shape index (κ3) is 3.85. The van der Waals surface area contributed by atoms with Crippen molar-refractivity contribution >= 4 is 28.4 Å². The van der Waals surface area contributed by atoms with E-state index in [0.717, 1.165) is 54.8 Å². The van der Waals surface area contributed by atoms with E-state index in [9.17, 15) is 4.79 Å². The zero-order valence-corrected chi connectivity index (χ0v) is 16.6. The summed E-state index contributed by atoms with van der Waals surface area (Å²) in [5.41, 5.74) is 2.07. The lowest BCUT2D eigenvalue weighted by Gasteiger charge is -2.38. The Morgan fingerprint density at radius 1 is 1.00 bits per heavy atom. The summed E-state index contributed by atoms with van der Waals surface area (Å²) in [5.74, 6) is 0.835. The van der Waals surface area contributed by atoms with Crippen molar-refractivity contribution in [1.29, 1.82) is 0 Å². The van der Waals surface area contributed by atoms with Crippen LogP contribution in [0.3, 0.4) is 0 Å². The number of hydrogen-bond acceptors (Lipinski definition) is 4. The number of piperazine rings is 1. The Morgan fingerprint density at radius 2 is 1.76 bits per heavy atom. The van der Waals surface area contributed by atoms with Gasteiger partial charge in [0.2, 0.25) is 0 Å². The van der Waals surface area contributed by atoms with Crippen LogP contribution in [0.15, 0.2) is 48.5 Å². The van der Waals surface area contributed by atoms with E-state index in [1.54, 1.807) is 0 Å². The second-order valence-corrected chi connectivity index (χ2v) is 8.07. The molecule has 2 fully saturated rings. The molecule has 0 atom stereocenters. The highest BCUT2D eigenvalue weighted by Crippen LogP contribution is 2.26. The van der Waals surface area contributed by atoms with Gasteiger partial charge >= 0.3 is 0 Å². The standard InChI is InChI=1S/C23H27N5O/c29-23(24-18-6-2-1-3-7-18)20-16-17-10-11-21(26-22(17)25-20)28-14-12-27(13-15-28)19-8-4-5-9-19/h1-3,6-7,10-11,16,19H,4-5,8-9,12-15H2,(H,24,29)(H,25,26). The van der Waals surface area contributed by atoms with E-state index in [1.807, 2.05) is 36.4 Å². The maximum atomic E-state index is 12.5. The van der Waals surface area contributed by atoms with E-state index in [4.69, 9.17) is 4.98 Å². The molecule has 0 radical (unpaired) electrons. The minimum absolute atomic E-state index is 0.152. The predicted molar refractivity (Wildman–Crippen MR) is 117 cm³/mol. The molecule has 0 unspecified atom stereocenters. The smallest absolute Gasteiger partial charge is 0.272 e. The van der Waals surface area contributed by atoms with Crippen LogP contribution in [0.2, 0.25) is 0 Å². The molecule has 1 amide bonds. The molecule has 5 rings (SSSR count). The minimum atomic E-state index is -0.152. The number of hydrogen-bond donors (Lipinski definition) is 2. The van der Waals surface area contributed by atoms with Crippen LogP contribution in [0.25, 0.3) is 11.0 Å². The van der Waals surface area contributed by atoms with E-state index in [0.29, 0.717) is 5.69 Å². The third-order valence-corrected chi connectivity index (χ3v) is 6.22. The van der Waals surface area contributed by atoms with Gasteiger partial charge in [-0.1, -0.05) is 31.0 Å². The number of pyridine rings is 1. The second kappa shape index (κ2) is 7.87. The summed E-state index contributed by atoms with van der Waals surface area (Å²) in [6.07, 6.45) is 5.49. The zero-order valence-electron chi connectivity index (χ0n) is 16.6. The number of para-hydroxylation sites is 1. The van der Waals surface area contributed by atoms with Crippen molar-refractivity contribution < 1.29 is 4.79 Å². The first kappa shape index (κ1) is 18.2. The molecule has 3 heterocycles. The summed E-state index contributed by atoms with van der Waals surface area (Å²) in [6.45, 7) is 4.24. The maximum absolute atomic E-state index is 12.5. The number of carbonyl (C=O) groups excluding carboxylic acids is 1. The number of nitrogens with one attached hydrogen (secondary N) is 2. The predicted octanol–water partition coefficient (Wildman–Crippen LogP) is 3.88. The Kier molecular flexibility index (Phi) is 4.94. The van der Waals surface area contributed by atoms with Crippen LogP contribution in [0.1, 0.15) is 36.2 Å². The molecular formula is C23H27N5O. The molecule has 0 spiro atoms. The first-order chi connectivity index (χ1) is 14.3. The number of aromatic nitrogens is 2. The van der Waals surface area contributed by atoms with Crippen molar-refractivity contribution in [2.24, 2.45) is 0 Å². The van der Waals surface area contributed by atoms with Gasteiger partial charge in [0.25, 0.3) is 5.91 Å². The van der Waals surface area contributed by atoms with E-state index >= 15 is 0 Å². The highest BCUT2D eigenvalue weighted by Gasteiger charge is 2.26. The number of carbonyl (C=O) groups is 1. The number of amides is 1. The molecule has 3 aromatic rings. The third-order valence-electron chi connectivity index (χ3n) is 6.22. The van der Waals surface area contributed by atoms with E-state index in [-0.39, 0.29) is 5.91 Å². The molecular weight excluding hydrogens is 362 g/mol. The summed E-state index contributed by atoms with van der Waals surface area (Å²) in [6, 6.07) is 16.3. The van der Waals surface area contributed by atoms with Crippen molar-refractivity contribution in [2.45, 2.75) is 31.7 Å². The fourth-order valence-electron chi connectivity index (χ4n) is 4.60. The molecule has 6 nitrogen and oxygen atoms in total. The Morgan fingerprint density at radius 3 is 2.52 bits per heavy atom. The van der Waals surface area contributed by atoms with Gasteiger partial charge in [0.1, 0.15) is 17.2 Å². The summed E-state index contributed by atoms with van der Waals surface area (Å²) < 4.78 is 0. The van der Waals surface area contributed by atoms with E-state index in [1.165, 1.54) is 25.7 Å². The first-order valence-electron chi connectivity index (χ1n) is 10.6. The van der Waals surface area contributed by atoms with Crippen LogP contribution in [0.4, 0.5) is 11.5 Å². The van der Waals surface area contributed by atoms with E-state index < -0.39 is 0 Å². The number of anilines is 2. The molecule has 0 bridgehead atoms. The lowest BCUT2D eigenvalue weighted by atomic mass is 10.2. The lowest BCUT2D eigenvalue weighted by molar-refractivity contribution is 0.102. The highest BCUT2D eigenvalue weighted by molar-refractivity contribution is 6.05. The van der Waals surface area contributed by atoms with Gasteiger partial charge in [0.05, 0.1) is 0 Å². The van der Waals surface area contributed by atoms with Gasteiger partial charge in [-0.15, -0.1) is 0 Å². The highest BCUT2D eigenvalue weighted by atomic mass is 16.1. The lowest BCUT2D eigenvalue weighted by Crippen LogP contribution is -2.49. The van der Waals surface area contributed by atoms with Crippen LogP contribution >= 0.6 is 0 Å². The number of fused-ring (bicyclic) bond motifs is 1. The average Bonchev–Trinajstić information content (AvgIpc) is 3.44. The largest absolute Gasteiger partial charge is 0.354 e. The monoisotopic (exact) mass is 389 g/mol. The van der Waals surface area contributed by atoms with Crippen LogP contribution in [0.5, 0.6) is 0 Å².